The van der Waals surface area contributed by atoms with E-state index in [1.165, 1.54) is 0 Å². The highest BCUT2D eigenvalue weighted by atomic mass is 16.3. The Morgan fingerprint density at radius 1 is 1.18 bits per heavy atom. The number of carbonyl (C=O) groups is 1. The molecule has 0 radical (unpaired) electrons. The third kappa shape index (κ3) is 3.22. The molecule has 9 nitrogen and oxygen atoms in total. The van der Waals surface area contributed by atoms with Crippen molar-refractivity contribution in [2.45, 2.75) is 63.1 Å². The van der Waals surface area contributed by atoms with Gasteiger partial charge in [0.05, 0.1) is 17.6 Å². The van der Waals surface area contributed by atoms with E-state index in [9.17, 15) is 15.0 Å². The number of aromatic nitrogens is 5. The number of aliphatic hydroxyl groups excluding tert-OH is 1. The molecule has 4 aromatic rings. The van der Waals surface area contributed by atoms with Crippen molar-refractivity contribution in [1.82, 2.24) is 29.5 Å². The number of piperidine rings is 1. The van der Waals surface area contributed by atoms with Crippen LogP contribution in [-0.4, -0.2) is 64.3 Å². The van der Waals surface area contributed by atoms with Crippen LogP contribution in [0.5, 0.6) is 0 Å². The number of amides is 1. The maximum atomic E-state index is 12.3. The number of nitrogens with one attached hydrogen (secondary N) is 1. The first-order valence-electron chi connectivity index (χ1n) is 11.8. The zero-order valence-corrected chi connectivity index (χ0v) is 19.3. The van der Waals surface area contributed by atoms with Gasteiger partial charge in [0.2, 0.25) is 5.91 Å². The molecule has 1 amide bonds. The summed E-state index contributed by atoms with van der Waals surface area (Å²) in [6.45, 7) is 3.00. The van der Waals surface area contributed by atoms with Crippen molar-refractivity contribution >= 4 is 22.6 Å². The Bertz CT molecular complexity index is 1370. The number of nitrogens with zero attached hydrogens (tertiary/aromatic N) is 5. The van der Waals surface area contributed by atoms with Gasteiger partial charge in [-0.05, 0) is 51.7 Å². The molecule has 176 valence electrons. The van der Waals surface area contributed by atoms with Crippen molar-refractivity contribution < 1.29 is 15.0 Å². The van der Waals surface area contributed by atoms with Crippen molar-refractivity contribution in [2.24, 2.45) is 0 Å². The summed E-state index contributed by atoms with van der Waals surface area (Å²) < 4.78 is 1.83. The molecule has 9 heteroatoms. The van der Waals surface area contributed by atoms with Crippen LogP contribution in [0.25, 0.3) is 27.8 Å². The molecule has 4 aromatic heterocycles. The molecule has 2 saturated heterocycles. The fraction of sp³-hybridized carbons (Fsp3) is 0.440. The minimum atomic E-state index is -1.01. The second-order valence-corrected chi connectivity index (χ2v) is 10.0. The van der Waals surface area contributed by atoms with Crippen LogP contribution in [0.3, 0.4) is 0 Å². The van der Waals surface area contributed by atoms with Crippen molar-refractivity contribution in [3.63, 3.8) is 0 Å². The van der Waals surface area contributed by atoms with Crippen LogP contribution in [0, 0.1) is 0 Å². The first kappa shape index (κ1) is 21.2. The van der Waals surface area contributed by atoms with E-state index in [2.05, 4.69) is 15.1 Å². The molecular formula is C25H28N6O3. The van der Waals surface area contributed by atoms with Gasteiger partial charge in [0.15, 0.2) is 5.65 Å². The summed E-state index contributed by atoms with van der Waals surface area (Å²) >= 11 is 0. The summed E-state index contributed by atoms with van der Waals surface area (Å²) in [6.07, 6.45) is 9.11. The number of pyridine rings is 1. The molecule has 2 unspecified atom stereocenters. The maximum Gasteiger partial charge on any atom is 0.248 e. The van der Waals surface area contributed by atoms with Crippen molar-refractivity contribution in [2.75, 3.05) is 6.61 Å². The number of hydrogen-bond acceptors (Lipinski definition) is 6. The first-order valence-corrected chi connectivity index (χ1v) is 11.8. The van der Waals surface area contributed by atoms with E-state index < -0.39 is 12.2 Å². The van der Waals surface area contributed by atoms with Crippen LogP contribution in [0.2, 0.25) is 0 Å². The lowest BCUT2D eigenvalue weighted by Gasteiger charge is -2.38. The number of hydrogen-bond donors (Lipinski definition) is 3. The van der Waals surface area contributed by atoms with E-state index in [4.69, 9.17) is 4.98 Å². The molecule has 6 heterocycles. The van der Waals surface area contributed by atoms with Crippen LogP contribution >= 0.6 is 0 Å². The Morgan fingerprint density at radius 3 is 2.59 bits per heavy atom. The highest BCUT2D eigenvalue weighted by Crippen LogP contribution is 2.44. The average molecular weight is 461 g/mol. The molecule has 34 heavy (non-hydrogen) atoms. The monoisotopic (exact) mass is 460 g/mol. The van der Waals surface area contributed by atoms with Crippen LogP contribution in [0.4, 0.5) is 0 Å². The summed E-state index contributed by atoms with van der Waals surface area (Å²) in [4.78, 5) is 27.1. The van der Waals surface area contributed by atoms with Gasteiger partial charge in [-0.25, -0.2) is 4.98 Å². The molecule has 2 fully saturated rings. The van der Waals surface area contributed by atoms with Gasteiger partial charge in [0.25, 0.3) is 0 Å². The van der Waals surface area contributed by atoms with Gasteiger partial charge in [-0.1, -0.05) is 6.07 Å². The summed E-state index contributed by atoms with van der Waals surface area (Å²) in [6, 6.07) is 6.12. The fourth-order valence-electron chi connectivity index (χ4n) is 5.85. The largest absolute Gasteiger partial charge is 0.387 e. The smallest absolute Gasteiger partial charge is 0.248 e. The summed E-state index contributed by atoms with van der Waals surface area (Å²) in [5.41, 5.74) is 4.04. The number of rotatable bonds is 4. The molecular weight excluding hydrogens is 432 g/mol. The number of carbonyl (C=O) groups excluding carboxylic acids is 1. The lowest BCUT2D eigenvalue weighted by Crippen LogP contribution is -2.47. The van der Waals surface area contributed by atoms with Gasteiger partial charge in [-0.2, -0.15) is 9.61 Å². The van der Waals surface area contributed by atoms with Crippen LogP contribution in [0.1, 0.15) is 56.8 Å². The molecule has 0 aliphatic carbocycles. The summed E-state index contributed by atoms with van der Waals surface area (Å²) in [5.74, 6) is 0.0585. The predicted octanol–water partition coefficient (Wildman–Crippen LogP) is 2.73. The normalized spacial score (nSPS) is 22.7. The summed E-state index contributed by atoms with van der Waals surface area (Å²) in [5, 5.41) is 25.3. The predicted molar refractivity (Wildman–Crippen MR) is 126 cm³/mol. The molecule has 0 aromatic carbocycles. The molecule has 3 N–H and O–H groups in total. The standard InChI is InChI=1S/C25H28N6O3/c1-25(2,34)20-6-3-14(11-27-20)19-12-28-31-23-18(7-8-26-23)22(29-24(19)31)15-9-16-4-5-17(10-15)30(16)21(33)13-32/h3,6-8,11-12,15-17,26,32,34H,4-5,9-10,13H2,1-2H3. The van der Waals surface area contributed by atoms with E-state index in [0.717, 1.165) is 59.2 Å². The van der Waals surface area contributed by atoms with E-state index in [-0.39, 0.29) is 23.9 Å². The molecule has 2 atom stereocenters. The molecule has 0 saturated carbocycles. The van der Waals surface area contributed by atoms with Gasteiger partial charge in [-0.3, -0.25) is 9.78 Å². The molecule has 2 aliphatic rings. The lowest BCUT2D eigenvalue weighted by atomic mass is 9.86. The number of H-pyrrole nitrogens is 1. The third-order valence-electron chi connectivity index (χ3n) is 7.43. The van der Waals surface area contributed by atoms with E-state index in [0.29, 0.717) is 5.69 Å². The Hall–Kier alpha value is -3.30. The summed E-state index contributed by atoms with van der Waals surface area (Å²) in [7, 11) is 0. The highest BCUT2D eigenvalue weighted by Gasteiger charge is 2.44. The van der Waals surface area contributed by atoms with Gasteiger partial charge in [-0.15, -0.1) is 0 Å². The zero-order valence-electron chi connectivity index (χ0n) is 19.3. The number of aromatic amines is 1. The fourth-order valence-corrected chi connectivity index (χ4v) is 5.85. The second-order valence-electron chi connectivity index (χ2n) is 10.0. The van der Waals surface area contributed by atoms with E-state index in [1.807, 2.05) is 33.8 Å². The zero-order chi connectivity index (χ0) is 23.6. The van der Waals surface area contributed by atoms with Gasteiger partial charge in [0, 0.05) is 46.9 Å². The van der Waals surface area contributed by atoms with Crippen molar-refractivity contribution in [3.05, 3.63) is 48.2 Å². The average Bonchev–Trinajstić information content (AvgIpc) is 3.53. The first-order chi connectivity index (χ1) is 16.3. The molecule has 2 bridgehead atoms. The Kier molecular flexibility index (Phi) is 4.76. The van der Waals surface area contributed by atoms with Gasteiger partial charge >= 0.3 is 0 Å². The third-order valence-corrected chi connectivity index (χ3v) is 7.43. The Balaban J connectivity index is 1.43. The minimum Gasteiger partial charge on any atom is -0.387 e. The SMILES string of the molecule is CC(C)(O)c1ccc(-c2cnn3c2nc(C2CC4CCC(C2)N4C(=O)CO)c2cc[nH]c23)cn1. The van der Waals surface area contributed by atoms with Crippen LogP contribution in [-0.2, 0) is 10.4 Å². The molecule has 0 spiro atoms. The van der Waals surface area contributed by atoms with Crippen LogP contribution in [0.15, 0.2) is 36.8 Å². The van der Waals surface area contributed by atoms with Gasteiger partial charge in [0.1, 0.15) is 17.9 Å². The Morgan fingerprint density at radius 2 is 1.94 bits per heavy atom. The van der Waals surface area contributed by atoms with E-state index >= 15 is 0 Å². The lowest BCUT2D eigenvalue weighted by molar-refractivity contribution is -0.138. The Labute approximate surface area is 196 Å². The number of aliphatic hydroxyl groups is 2. The minimum absolute atomic E-state index is 0.151. The number of fused-ring (bicyclic) bond motifs is 5. The van der Waals surface area contributed by atoms with Crippen molar-refractivity contribution in [1.29, 1.82) is 0 Å². The highest BCUT2D eigenvalue weighted by molar-refractivity contribution is 5.86. The molecule has 2 aliphatic heterocycles. The topological polar surface area (TPSA) is 120 Å². The quantitative estimate of drug-likeness (QED) is 0.431. The van der Waals surface area contributed by atoms with Crippen molar-refractivity contribution in [3.8, 4) is 11.1 Å². The molecule has 6 rings (SSSR count). The van der Waals surface area contributed by atoms with E-state index in [1.54, 1.807) is 26.2 Å². The van der Waals surface area contributed by atoms with Gasteiger partial charge < -0.3 is 20.1 Å². The second kappa shape index (κ2) is 7.61. The maximum absolute atomic E-state index is 12.3. The van der Waals surface area contributed by atoms with Crippen LogP contribution < -0.4 is 0 Å².